The van der Waals surface area contributed by atoms with Gasteiger partial charge in [0.05, 0.1) is 0 Å². The molecule has 0 saturated carbocycles. The van der Waals surface area contributed by atoms with Crippen molar-refractivity contribution in [3.8, 4) is 5.75 Å². The average molecular weight is 278 g/mol. The summed E-state index contributed by atoms with van der Waals surface area (Å²) in [6.07, 6.45) is -0.151. The number of hydrogen-bond acceptors (Lipinski definition) is 4. The van der Waals surface area contributed by atoms with Crippen LogP contribution >= 0.6 is 0 Å². The molecule has 0 aromatic heterocycles. The zero-order valence-electron chi connectivity index (χ0n) is 11.8. The number of carbonyl (C=O) groups is 1. The van der Waals surface area contributed by atoms with Gasteiger partial charge in [0.15, 0.2) is 0 Å². The Bertz CT molecular complexity index is 531. The van der Waals surface area contributed by atoms with Crippen LogP contribution in [0.4, 0.5) is 10.5 Å². The number of nitrogens with zero attached hydrogens (tertiary/aromatic N) is 3. The van der Waals surface area contributed by atoms with Crippen LogP contribution in [-0.4, -0.2) is 23.3 Å². The van der Waals surface area contributed by atoms with E-state index < -0.39 is 11.7 Å². The van der Waals surface area contributed by atoms with Gasteiger partial charge in [-0.15, -0.1) is 0 Å². The molecule has 0 atom stereocenters. The Morgan fingerprint density at radius 2 is 2.20 bits per heavy atom. The number of anilines is 1. The molecule has 1 amide bonds. The second kappa shape index (κ2) is 6.68. The lowest BCUT2D eigenvalue weighted by Gasteiger charge is -2.19. The van der Waals surface area contributed by atoms with Gasteiger partial charge in [0, 0.05) is 23.2 Å². The first-order valence-corrected chi connectivity index (χ1v) is 6.14. The van der Waals surface area contributed by atoms with Crippen molar-refractivity contribution in [2.45, 2.75) is 32.8 Å². The van der Waals surface area contributed by atoms with Gasteiger partial charge in [0.25, 0.3) is 0 Å². The highest BCUT2D eigenvalue weighted by atomic mass is 16.6. The molecule has 0 fully saturated rings. The van der Waals surface area contributed by atoms with Gasteiger partial charge in [-0.2, -0.15) is 0 Å². The van der Waals surface area contributed by atoms with Gasteiger partial charge in [-0.1, -0.05) is 11.2 Å². The predicted molar refractivity (Wildman–Crippen MR) is 75.7 cm³/mol. The van der Waals surface area contributed by atoms with Crippen molar-refractivity contribution in [3.05, 3.63) is 34.2 Å². The second-order valence-corrected chi connectivity index (χ2v) is 5.17. The first-order chi connectivity index (χ1) is 9.31. The summed E-state index contributed by atoms with van der Waals surface area (Å²) in [7, 11) is 0. The summed E-state index contributed by atoms with van der Waals surface area (Å²) in [5.41, 5.74) is 8.68. The number of nitrogens with one attached hydrogen (secondary N) is 1. The maximum atomic E-state index is 11.6. The number of phenolic OH excluding ortho intramolecular Hbond substituents is 1. The lowest BCUT2D eigenvalue weighted by Crippen LogP contribution is -2.27. The summed E-state index contributed by atoms with van der Waals surface area (Å²) in [6.45, 7) is 5.57. The van der Waals surface area contributed by atoms with Crippen molar-refractivity contribution in [1.82, 2.24) is 0 Å². The van der Waals surface area contributed by atoms with Crippen LogP contribution in [0.1, 0.15) is 26.3 Å². The monoisotopic (exact) mass is 278 g/mol. The van der Waals surface area contributed by atoms with E-state index in [-0.39, 0.29) is 12.3 Å². The fraction of sp³-hybridized carbons (Fsp3) is 0.462. The molecule has 0 spiro atoms. The summed E-state index contributed by atoms with van der Waals surface area (Å²) in [5, 5.41) is 15.7. The SMILES string of the molecule is CC(C)(C)OC(=O)Nc1ccc(CCN=[N+]=[N-])c(O)c1. The van der Waals surface area contributed by atoms with Crippen LogP contribution in [-0.2, 0) is 11.2 Å². The molecule has 0 aliphatic rings. The Morgan fingerprint density at radius 1 is 1.50 bits per heavy atom. The van der Waals surface area contributed by atoms with E-state index in [1.54, 1.807) is 32.9 Å². The number of aromatic hydroxyl groups is 1. The highest BCUT2D eigenvalue weighted by Crippen LogP contribution is 2.23. The van der Waals surface area contributed by atoms with E-state index in [0.717, 1.165) is 0 Å². The molecular formula is C13H18N4O3. The summed E-state index contributed by atoms with van der Waals surface area (Å²) >= 11 is 0. The van der Waals surface area contributed by atoms with Crippen LogP contribution < -0.4 is 5.32 Å². The van der Waals surface area contributed by atoms with Crippen molar-refractivity contribution in [2.24, 2.45) is 5.11 Å². The third-order valence-corrected chi connectivity index (χ3v) is 2.27. The quantitative estimate of drug-likeness (QED) is 0.499. The number of ether oxygens (including phenoxy) is 1. The molecule has 0 radical (unpaired) electrons. The topological polar surface area (TPSA) is 107 Å². The minimum Gasteiger partial charge on any atom is -0.508 e. The molecule has 0 aliphatic carbocycles. The van der Waals surface area contributed by atoms with Gasteiger partial charge in [-0.25, -0.2) is 4.79 Å². The first kappa shape index (κ1) is 15.7. The van der Waals surface area contributed by atoms with Crippen LogP contribution in [0.25, 0.3) is 10.4 Å². The molecule has 0 bridgehead atoms. The van der Waals surface area contributed by atoms with Crippen molar-refractivity contribution in [3.63, 3.8) is 0 Å². The first-order valence-electron chi connectivity index (χ1n) is 6.14. The fourth-order valence-corrected chi connectivity index (χ4v) is 1.49. The normalized spacial score (nSPS) is 10.6. The van der Waals surface area contributed by atoms with E-state index in [9.17, 15) is 9.90 Å². The van der Waals surface area contributed by atoms with Crippen molar-refractivity contribution < 1.29 is 14.6 Å². The highest BCUT2D eigenvalue weighted by Gasteiger charge is 2.16. The van der Waals surface area contributed by atoms with Crippen molar-refractivity contribution in [2.75, 3.05) is 11.9 Å². The van der Waals surface area contributed by atoms with Crippen molar-refractivity contribution in [1.29, 1.82) is 0 Å². The Balaban J connectivity index is 2.67. The van der Waals surface area contributed by atoms with Crippen molar-refractivity contribution >= 4 is 11.8 Å². The number of carbonyl (C=O) groups excluding carboxylic acids is 1. The number of phenols is 1. The number of azide groups is 1. The summed E-state index contributed by atoms with van der Waals surface area (Å²) in [6, 6.07) is 4.74. The number of benzene rings is 1. The molecule has 1 rings (SSSR count). The van der Waals surface area contributed by atoms with E-state index in [4.69, 9.17) is 10.3 Å². The largest absolute Gasteiger partial charge is 0.508 e. The molecule has 20 heavy (non-hydrogen) atoms. The zero-order valence-corrected chi connectivity index (χ0v) is 11.8. The predicted octanol–water partition coefficient (Wildman–Crippen LogP) is 3.59. The molecule has 7 heteroatoms. The summed E-state index contributed by atoms with van der Waals surface area (Å²) < 4.78 is 5.10. The van der Waals surface area contributed by atoms with Gasteiger partial charge < -0.3 is 9.84 Å². The Hall–Kier alpha value is -2.40. The maximum Gasteiger partial charge on any atom is 0.412 e. The number of rotatable bonds is 4. The molecule has 1 aromatic rings. The molecule has 108 valence electrons. The minimum atomic E-state index is -0.585. The molecule has 0 unspecified atom stereocenters. The lowest BCUT2D eigenvalue weighted by atomic mass is 10.1. The molecule has 1 aromatic carbocycles. The Labute approximate surface area is 117 Å². The smallest absolute Gasteiger partial charge is 0.412 e. The molecule has 0 heterocycles. The Morgan fingerprint density at radius 3 is 2.75 bits per heavy atom. The highest BCUT2D eigenvalue weighted by molar-refractivity contribution is 5.85. The standard InChI is InChI=1S/C13H18N4O3/c1-13(2,3)20-12(19)16-10-5-4-9(11(18)8-10)6-7-15-17-14/h4-5,8,18H,6-7H2,1-3H3,(H,16,19). The van der Waals surface area contributed by atoms with Gasteiger partial charge in [0.2, 0.25) is 0 Å². The molecule has 0 aliphatic heterocycles. The van der Waals surface area contributed by atoms with E-state index in [1.807, 2.05) is 0 Å². The third-order valence-electron chi connectivity index (χ3n) is 2.27. The molecular weight excluding hydrogens is 260 g/mol. The van der Waals surface area contributed by atoms with Crippen LogP contribution in [0, 0.1) is 0 Å². The van der Waals surface area contributed by atoms with E-state index in [0.29, 0.717) is 17.7 Å². The van der Waals surface area contributed by atoms with Gasteiger partial charge >= 0.3 is 6.09 Å². The van der Waals surface area contributed by atoms with Crippen LogP contribution in [0.3, 0.4) is 0 Å². The summed E-state index contributed by atoms with van der Waals surface area (Å²) in [4.78, 5) is 14.2. The van der Waals surface area contributed by atoms with E-state index in [2.05, 4.69) is 15.3 Å². The van der Waals surface area contributed by atoms with Gasteiger partial charge in [-0.3, -0.25) is 5.32 Å². The van der Waals surface area contributed by atoms with Crippen LogP contribution in [0.15, 0.2) is 23.3 Å². The van der Waals surface area contributed by atoms with E-state index >= 15 is 0 Å². The lowest BCUT2D eigenvalue weighted by molar-refractivity contribution is 0.0636. The molecule has 2 N–H and O–H groups in total. The number of hydrogen-bond donors (Lipinski definition) is 2. The van der Waals surface area contributed by atoms with E-state index in [1.165, 1.54) is 6.07 Å². The Kier molecular flexibility index (Phi) is 5.23. The maximum absolute atomic E-state index is 11.6. The average Bonchev–Trinajstić information content (AvgIpc) is 2.29. The minimum absolute atomic E-state index is 0.0340. The third kappa shape index (κ3) is 5.49. The zero-order chi connectivity index (χ0) is 15.2. The van der Waals surface area contributed by atoms with Gasteiger partial charge in [0.1, 0.15) is 11.4 Å². The molecule has 0 saturated heterocycles. The molecule has 7 nitrogen and oxygen atoms in total. The second-order valence-electron chi connectivity index (χ2n) is 5.17. The van der Waals surface area contributed by atoms with Crippen LogP contribution in [0.2, 0.25) is 0 Å². The van der Waals surface area contributed by atoms with Crippen LogP contribution in [0.5, 0.6) is 5.75 Å². The number of amides is 1. The summed E-state index contributed by atoms with van der Waals surface area (Å²) in [5.74, 6) is 0.0340. The van der Waals surface area contributed by atoms with Gasteiger partial charge in [-0.05, 0) is 44.4 Å². The fourth-order valence-electron chi connectivity index (χ4n) is 1.49.